The Morgan fingerprint density at radius 2 is 2.19 bits per heavy atom. The van der Waals surface area contributed by atoms with Crippen molar-refractivity contribution < 1.29 is 14.3 Å². The zero-order valence-corrected chi connectivity index (χ0v) is 16.4. The number of allylic oxidation sites excluding steroid dienone is 1. The van der Waals surface area contributed by atoms with Crippen molar-refractivity contribution in [2.24, 2.45) is 5.92 Å². The fraction of sp³-hybridized carbons (Fsp3) is 0.421. The van der Waals surface area contributed by atoms with Crippen LogP contribution in [0, 0.1) is 5.92 Å². The maximum Gasteiger partial charge on any atom is 0.230 e. The molecule has 7 nitrogen and oxygen atoms in total. The molecule has 144 valence electrons. The van der Waals surface area contributed by atoms with E-state index in [1.54, 1.807) is 6.08 Å². The van der Waals surface area contributed by atoms with Crippen LogP contribution < -0.4 is 14.8 Å². The van der Waals surface area contributed by atoms with E-state index in [0.29, 0.717) is 42.3 Å². The first-order chi connectivity index (χ1) is 13.1. The standard InChI is InChI=1S/C19H24N4O3S/c1-4-9-23-18(16-11-25-14-7-5-6-8-15(14)26-16)21-22-19(23)27-12-17(24)20-10-13(2)3/h4-8,13,16H,1,9-12H2,2-3H3,(H,20,24). The summed E-state index contributed by atoms with van der Waals surface area (Å²) in [6, 6.07) is 7.54. The molecule has 0 bridgehead atoms. The number of aromatic nitrogens is 3. The van der Waals surface area contributed by atoms with Gasteiger partial charge in [-0.1, -0.05) is 43.8 Å². The number of fused-ring (bicyclic) bond motifs is 1. The van der Waals surface area contributed by atoms with Crippen LogP contribution >= 0.6 is 11.8 Å². The van der Waals surface area contributed by atoms with E-state index in [9.17, 15) is 4.79 Å². The first-order valence-electron chi connectivity index (χ1n) is 8.90. The van der Waals surface area contributed by atoms with Crippen molar-refractivity contribution in [2.45, 2.75) is 31.7 Å². The van der Waals surface area contributed by atoms with Crippen LogP contribution in [0.1, 0.15) is 25.8 Å². The van der Waals surface area contributed by atoms with Crippen molar-refractivity contribution in [1.82, 2.24) is 20.1 Å². The highest BCUT2D eigenvalue weighted by atomic mass is 32.2. The zero-order chi connectivity index (χ0) is 19.2. The van der Waals surface area contributed by atoms with Crippen LogP contribution in [0.25, 0.3) is 0 Å². The van der Waals surface area contributed by atoms with Crippen molar-refractivity contribution >= 4 is 17.7 Å². The molecule has 1 aromatic heterocycles. The fourth-order valence-electron chi connectivity index (χ4n) is 2.59. The zero-order valence-electron chi connectivity index (χ0n) is 15.6. The summed E-state index contributed by atoms with van der Waals surface area (Å²) in [6.07, 6.45) is 1.41. The Morgan fingerprint density at radius 3 is 2.93 bits per heavy atom. The molecule has 0 radical (unpaired) electrons. The summed E-state index contributed by atoms with van der Waals surface area (Å²) >= 11 is 1.35. The minimum atomic E-state index is -0.364. The number of carbonyl (C=O) groups is 1. The van der Waals surface area contributed by atoms with Crippen molar-refractivity contribution in [2.75, 3.05) is 18.9 Å². The van der Waals surface area contributed by atoms with E-state index in [4.69, 9.17) is 9.47 Å². The number of ether oxygens (including phenoxy) is 2. The Balaban J connectivity index is 1.70. The molecule has 1 atom stereocenters. The predicted molar refractivity (Wildman–Crippen MR) is 104 cm³/mol. The van der Waals surface area contributed by atoms with Gasteiger partial charge in [-0.25, -0.2) is 0 Å². The van der Waals surface area contributed by atoms with Gasteiger partial charge in [-0.05, 0) is 18.1 Å². The third-order valence-corrected chi connectivity index (χ3v) is 4.86. The molecule has 1 aromatic carbocycles. The highest BCUT2D eigenvalue weighted by Crippen LogP contribution is 2.36. The molecule has 0 fully saturated rings. The lowest BCUT2D eigenvalue weighted by molar-refractivity contribution is -0.118. The average Bonchev–Trinajstić information content (AvgIpc) is 3.07. The highest BCUT2D eigenvalue weighted by Gasteiger charge is 2.28. The number of nitrogens with one attached hydrogen (secondary N) is 1. The second-order valence-corrected chi connectivity index (χ2v) is 7.53. The second-order valence-electron chi connectivity index (χ2n) is 6.59. The molecule has 0 aliphatic carbocycles. The molecular formula is C19H24N4O3S. The van der Waals surface area contributed by atoms with E-state index in [1.807, 2.05) is 28.8 Å². The van der Waals surface area contributed by atoms with E-state index < -0.39 is 0 Å². The molecule has 1 aliphatic heterocycles. The largest absolute Gasteiger partial charge is 0.485 e. The van der Waals surface area contributed by atoms with Gasteiger partial charge in [0.1, 0.15) is 6.61 Å². The normalized spacial score (nSPS) is 15.6. The van der Waals surface area contributed by atoms with Crippen molar-refractivity contribution in [3.8, 4) is 11.5 Å². The molecule has 8 heteroatoms. The Labute approximate surface area is 163 Å². The minimum absolute atomic E-state index is 0.0189. The van der Waals surface area contributed by atoms with Gasteiger partial charge in [0, 0.05) is 13.1 Å². The molecule has 0 spiro atoms. The number of carbonyl (C=O) groups excluding carboxylic acids is 1. The lowest BCUT2D eigenvalue weighted by Gasteiger charge is -2.26. The molecule has 1 amide bonds. The van der Waals surface area contributed by atoms with Gasteiger partial charge in [0.2, 0.25) is 5.91 Å². The lowest BCUT2D eigenvalue weighted by atomic mass is 10.2. The number of nitrogens with zero attached hydrogens (tertiary/aromatic N) is 3. The van der Waals surface area contributed by atoms with Gasteiger partial charge < -0.3 is 14.8 Å². The van der Waals surface area contributed by atoms with E-state index in [2.05, 4.69) is 35.9 Å². The number of amides is 1. The summed E-state index contributed by atoms with van der Waals surface area (Å²) in [5.41, 5.74) is 0. The molecule has 1 aliphatic rings. The van der Waals surface area contributed by atoms with Crippen LogP contribution in [-0.4, -0.2) is 39.6 Å². The Kier molecular flexibility index (Phi) is 6.39. The topological polar surface area (TPSA) is 78.3 Å². The predicted octanol–water partition coefficient (Wildman–Crippen LogP) is 2.84. The van der Waals surface area contributed by atoms with E-state index >= 15 is 0 Å². The van der Waals surface area contributed by atoms with Crippen molar-refractivity contribution in [3.63, 3.8) is 0 Å². The number of benzene rings is 1. The number of hydrogen-bond acceptors (Lipinski definition) is 6. The van der Waals surface area contributed by atoms with Crippen LogP contribution in [0.5, 0.6) is 11.5 Å². The van der Waals surface area contributed by atoms with Crippen LogP contribution in [0.2, 0.25) is 0 Å². The van der Waals surface area contributed by atoms with Crippen molar-refractivity contribution in [1.29, 1.82) is 0 Å². The summed E-state index contributed by atoms with van der Waals surface area (Å²) in [4.78, 5) is 12.0. The van der Waals surface area contributed by atoms with E-state index in [1.165, 1.54) is 11.8 Å². The minimum Gasteiger partial charge on any atom is -0.485 e. The molecule has 0 saturated carbocycles. The monoisotopic (exact) mass is 388 g/mol. The molecule has 2 heterocycles. The third-order valence-electron chi connectivity index (χ3n) is 3.89. The smallest absolute Gasteiger partial charge is 0.230 e. The summed E-state index contributed by atoms with van der Waals surface area (Å²) in [5, 5.41) is 12.1. The molecule has 3 rings (SSSR count). The molecule has 2 aromatic rings. The van der Waals surface area contributed by atoms with Crippen LogP contribution in [0.15, 0.2) is 42.1 Å². The number of para-hydroxylation sites is 2. The molecule has 0 saturated heterocycles. The second kappa shape index (κ2) is 8.94. The maximum atomic E-state index is 12.0. The SMILES string of the molecule is C=CCn1c(SCC(=O)NCC(C)C)nnc1C1COc2ccccc2O1. The third kappa shape index (κ3) is 4.82. The van der Waals surface area contributed by atoms with Gasteiger partial charge in [0.05, 0.1) is 5.75 Å². The van der Waals surface area contributed by atoms with Gasteiger partial charge in [-0.2, -0.15) is 0 Å². The Morgan fingerprint density at radius 1 is 1.41 bits per heavy atom. The van der Waals surface area contributed by atoms with Gasteiger partial charge in [0.15, 0.2) is 28.6 Å². The first-order valence-corrected chi connectivity index (χ1v) is 9.89. The molecular weight excluding hydrogens is 364 g/mol. The summed E-state index contributed by atoms with van der Waals surface area (Å²) < 4.78 is 13.7. The van der Waals surface area contributed by atoms with E-state index in [0.717, 1.165) is 5.75 Å². The summed E-state index contributed by atoms with van der Waals surface area (Å²) in [6.45, 7) is 9.47. The quantitative estimate of drug-likeness (QED) is 0.553. The van der Waals surface area contributed by atoms with Crippen LogP contribution in [0.3, 0.4) is 0 Å². The summed E-state index contributed by atoms with van der Waals surface area (Å²) in [7, 11) is 0. The van der Waals surface area contributed by atoms with Crippen molar-refractivity contribution in [3.05, 3.63) is 42.7 Å². The fourth-order valence-corrected chi connectivity index (χ4v) is 3.38. The number of rotatable bonds is 8. The van der Waals surface area contributed by atoms with Gasteiger partial charge in [-0.15, -0.1) is 16.8 Å². The average molecular weight is 388 g/mol. The number of thioether (sulfide) groups is 1. The van der Waals surface area contributed by atoms with Gasteiger partial charge in [0.25, 0.3) is 0 Å². The van der Waals surface area contributed by atoms with Gasteiger partial charge in [-0.3, -0.25) is 9.36 Å². The maximum absolute atomic E-state index is 12.0. The molecule has 1 unspecified atom stereocenters. The summed E-state index contributed by atoms with van der Waals surface area (Å²) in [5.74, 6) is 2.75. The van der Waals surface area contributed by atoms with Gasteiger partial charge >= 0.3 is 0 Å². The molecule has 27 heavy (non-hydrogen) atoms. The van der Waals surface area contributed by atoms with Crippen LogP contribution in [-0.2, 0) is 11.3 Å². The molecule has 1 N–H and O–H groups in total. The lowest BCUT2D eigenvalue weighted by Crippen LogP contribution is -2.29. The first kappa shape index (κ1) is 19.3. The highest BCUT2D eigenvalue weighted by molar-refractivity contribution is 7.99. The Bertz CT molecular complexity index is 806. The number of hydrogen-bond donors (Lipinski definition) is 1. The van der Waals surface area contributed by atoms with Crippen LogP contribution in [0.4, 0.5) is 0 Å². The van der Waals surface area contributed by atoms with E-state index in [-0.39, 0.29) is 17.8 Å². The Hall–Kier alpha value is -2.48.